The Labute approximate surface area is 88.3 Å². The first-order valence-corrected chi connectivity index (χ1v) is 5.34. The molecule has 2 unspecified atom stereocenters. The molecule has 5 rings (SSSR count). The molecule has 74 valence electrons. The van der Waals surface area contributed by atoms with Crippen molar-refractivity contribution in [2.75, 3.05) is 5.32 Å². The van der Waals surface area contributed by atoms with Crippen LogP contribution in [0.2, 0.25) is 0 Å². The van der Waals surface area contributed by atoms with Gasteiger partial charge in [0.1, 0.15) is 6.10 Å². The summed E-state index contributed by atoms with van der Waals surface area (Å²) in [5.41, 5.74) is 5.13. The predicted molar refractivity (Wildman–Crippen MR) is 58.5 cm³/mol. The average Bonchev–Trinajstić information content (AvgIpc) is 2.29. The first kappa shape index (κ1) is 7.71. The van der Waals surface area contributed by atoms with Crippen molar-refractivity contribution < 1.29 is 4.74 Å². The zero-order chi connectivity index (χ0) is 9.83. The molecule has 1 aromatic carbocycles. The van der Waals surface area contributed by atoms with Crippen LogP contribution < -0.4 is 5.32 Å². The Bertz CT molecular complexity index is 501. The standard InChI is InChI=1S/C13H11NO/c1-2-4-11-9(3-1)13-10-6-5-8(15-13)7-12(10)14-11/h1-6,8,13-14H,7H2. The zero-order valence-corrected chi connectivity index (χ0v) is 8.23. The van der Waals surface area contributed by atoms with Crippen LogP contribution in [-0.2, 0) is 4.74 Å². The zero-order valence-electron chi connectivity index (χ0n) is 8.23. The van der Waals surface area contributed by atoms with E-state index in [0.717, 1.165) is 6.42 Å². The molecule has 0 fully saturated rings. The second-order valence-electron chi connectivity index (χ2n) is 4.26. The molecule has 4 bridgehead atoms. The lowest BCUT2D eigenvalue weighted by Crippen LogP contribution is -2.33. The minimum atomic E-state index is 0.168. The van der Waals surface area contributed by atoms with Gasteiger partial charge in [0.05, 0.1) is 6.10 Å². The highest BCUT2D eigenvalue weighted by atomic mass is 16.5. The van der Waals surface area contributed by atoms with Gasteiger partial charge in [-0.05, 0) is 6.07 Å². The number of ether oxygens (including phenoxy) is 1. The summed E-state index contributed by atoms with van der Waals surface area (Å²) in [5, 5.41) is 3.51. The first-order chi connectivity index (χ1) is 7.42. The predicted octanol–water partition coefficient (Wildman–Crippen LogP) is 2.77. The number of benzene rings is 1. The van der Waals surface area contributed by atoms with Crippen LogP contribution in [0.15, 0.2) is 47.7 Å². The molecule has 0 radical (unpaired) electrons. The van der Waals surface area contributed by atoms with Crippen molar-refractivity contribution in [1.82, 2.24) is 0 Å². The van der Waals surface area contributed by atoms with Gasteiger partial charge in [0.2, 0.25) is 0 Å². The van der Waals surface area contributed by atoms with E-state index in [4.69, 9.17) is 4.74 Å². The lowest BCUT2D eigenvalue weighted by molar-refractivity contribution is 0.0158. The molecule has 0 saturated carbocycles. The fourth-order valence-electron chi connectivity index (χ4n) is 2.65. The van der Waals surface area contributed by atoms with Crippen LogP contribution in [0, 0.1) is 0 Å². The van der Waals surface area contributed by atoms with Gasteiger partial charge in [0.15, 0.2) is 0 Å². The average molecular weight is 197 g/mol. The van der Waals surface area contributed by atoms with Crippen molar-refractivity contribution in [3.63, 3.8) is 0 Å². The molecule has 2 nitrogen and oxygen atoms in total. The molecule has 4 aliphatic rings. The summed E-state index contributed by atoms with van der Waals surface area (Å²) in [6, 6.07) is 8.40. The molecular formula is C13H11NO. The van der Waals surface area contributed by atoms with E-state index < -0.39 is 0 Å². The summed E-state index contributed by atoms with van der Waals surface area (Å²) in [6.45, 7) is 0. The van der Waals surface area contributed by atoms with Gasteiger partial charge in [-0.2, -0.15) is 0 Å². The summed E-state index contributed by atoms with van der Waals surface area (Å²) in [4.78, 5) is 0. The van der Waals surface area contributed by atoms with E-state index >= 15 is 0 Å². The first-order valence-electron chi connectivity index (χ1n) is 5.34. The van der Waals surface area contributed by atoms with Crippen molar-refractivity contribution >= 4 is 5.69 Å². The number of nitrogens with one attached hydrogen (secondary N) is 1. The summed E-state index contributed by atoms with van der Waals surface area (Å²) in [5.74, 6) is 0. The highest BCUT2D eigenvalue weighted by molar-refractivity contribution is 5.65. The molecule has 0 saturated heterocycles. The monoisotopic (exact) mass is 197 g/mol. The highest BCUT2D eigenvalue weighted by Gasteiger charge is 2.36. The van der Waals surface area contributed by atoms with Gasteiger partial charge in [-0.15, -0.1) is 0 Å². The minimum Gasteiger partial charge on any atom is -0.361 e. The molecule has 3 aliphatic heterocycles. The fourth-order valence-corrected chi connectivity index (χ4v) is 2.65. The largest absolute Gasteiger partial charge is 0.361 e. The smallest absolute Gasteiger partial charge is 0.112 e. The van der Waals surface area contributed by atoms with Crippen LogP contribution in [0.25, 0.3) is 0 Å². The van der Waals surface area contributed by atoms with Crippen molar-refractivity contribution in [3.05, 3.63) is 53.3 Å². The molecule has 0 amide bonds. The lowest BCUT2D eigenvalue weighted by atomic mass is 9.85. The topological polar surface area (TPSA) is 21.3 Å². The van der Waals surface area contributed by atoms with E-state index in [1.807, 2.05) is 0 Å². The van der Waals surface area contributed by atoms with Crippen LogP contribution in [-0.4, -0.2) is 6.10 Å². The molecular weight excluding hydrogens is 186 g/mol. The van der Waals surface area contributed by atoms with Gasteiger partial charge in [-0.1, -0.05) is 30.4 Å². The maximum atomic E-state index is 6.00. The molecule has 2 atom stereocenters. The van der Waals surface area contributed by atoms with Gasteiger partial charge in [-0.3, -0.25) is 0 Å². The fraction of sp³-hybridized carbons (Fsp3) is 0.231. The maximum absolute atomic E-state index is 6.00. The van der Waals surface area contributed by atoms with Crippen LogP contribution in [0.4, 0.5) is 5.69 Å². The van der Waals surface area contributed by atoms with Gasteiger partial charge in [0.25, 0.3) is 0 Å². The quantitative estimate of drug-likeness (QED) is 0.690. The Morgan fingerprint density at radius 1 is 1.27 bits per heavy atom. The Balaban J connectivity index is 1.96. The maximum Gasteiger partial charge on any atom is 0.112 e. The van der Waals surface area contributed by atoms with E-state index in [1.54, 1.807) is 0 Å². The summed E-state index contributed by atoms with van der Waals surface area (Å²) in [6.07, 6.45) is 5.80. The van der Waals surface area contributed by atoms with Crippen LogP contribution in [0.5, 0.6) is 0 Å². The number of anilines is 1. The number of fused-ring (bicyclic) bond motifs is 1. The second kappa shape index (κ2) is 2.52. The van der Waals surface area contributed by atoms with Gasteiger partial charge in [-0.25, -0.2) is 0 Å². The van der Waals surface area contributed by atoms with Crippen LogP contribution in [0.1, 0.15) is 18.1 Å². The molecule has 2 heteroatoms. The van der Waals surface area contributed by atoms with Crippen molar-refractivity contribution in [2.24, 2.45) is 0 Å². The number of rotatable bonds is 0. The number of hydrogen-bond acceptors (Lipinski definition) is 2. The molecule has 3 heterocycles. The molecule has 15 heavy (non-hydrogen) atoms. The van der Waals surface area contributed by atoms with Crippen molar-refractivity contribution in [2.45, 2.75) is 18.6 Å². The molecule has 1 N–H and O–H groups in total. The summed E-state index contributed by atoms with van der Waals surface area (Å²) in [7, 11) is 0. The second-order valence-corrected chi connectivity index (χ2v) is 4.26. The Morgan fingerprint density at radius 3 is 3.13 bits per heavy atom. The van der Waals surface area contributed by atoms with E-state index in [-0.39, 0.29) is 12.2 Å². The van der Waals surface area contributed by atoms with E-state index in [0.29, 0.717) is 0 Å². The Morgan fingerprint density at radius 2 is 2.20 bits per heavy atom. The number of hydrogen-bond donors (Lipinski definition) is 1. The van der Waals surface area contributed by atoms with Crippen molar-refractivity contribution in [3.8, 4) is 0 Å². The molecule has 0 aromatic heterocycles. The van der Waals surface area contributed by atoms with Crippen LogP contribution >= 0.6 is 0 Å². The van der Waals surface area contributed by atoms with Crippen LogP contribution in [0.3, 0.4) is 0 Å². The highest BCUT2D eigenvalue weighted by Crippen LogP contribution is 2.46. The lowest BCUT2D eigenvalue weighted by Gasteiger charge is -2.40. The van der Waals surface area contributed by atoms with Gasteiger partial charge < -0.3 is 10.1 Å². The van der Waals surface area contributed by atoms with E-state index in [1.165, 1.54) is 22.5 Å². The Kier molecular flexibility index (Phi) is 1.30. The summed E-state index contributed by atoms with van der Waals surface area (Å²) >= 11 is 0. The normalized spacial score (nSPS) is 30.1. The van der Waals surface area contributed by atoms with E-state index in [9.17, 15) is 0 Å². The minimum absolute atomic E-state index is 0.168. The number of para-hydroxylation sites is 1. The third kappa shape index (κ3) is 0.922. The van der Waals surface area contributed by atoms with Gasteiger partial charge >= 0.3 is 0 Å². The summed E-state index contributed by atoms with van der Waals surface area (Å²) < 4.78 is 6.00. The van der Waals surface area contributed by atoms with Gasteiger partial charge in [0, 0.05) is 28.9 Å². The third-order valence-electron chi connectivity index (χ3n) is 3.37. The Hall–Kier alpha value is -1.54. The molecule has 1 aromatic rings. The molecule has 0 spiro atoms. The van der Waals surface area contributed by atoms with Crippen molar-refractivity contribution in [1.29, 1.82) is 0 Å². The SMILES string of the molecule is C1=CC2CC3=C1C(O2)c1ccccc1N3. The third-order valence-corrected chi connectivity index (χ3v) is 3.37. The van der Waals surface area contributed by atoms with E-state index in [2.05, 4.69) is 41.7 Å². The molecule has 1 aliphatic carbocycles.